The Morgan fingerprint density at radius 2 is 2.24 bits per heavy atom. The molecule has 5 nitrogen and oxygen atoms in total. The molecule has 0 atom stereocenters. The molecule has 6 heteroatoms. The second kappa shape index (κ2) is 7.07. The molecule has 0 aliphatic rings. The van der Waals surface area contributed by atoms with Crippen LogP contribution in [0, 0.1) is 11.3 Å². The Labute approximate surface area is 127 Å². The van der Waals surface area contributed by atoms with E-state index >= 15 is 0 Å². The Bertz CT molecular complexity index is 718. The molecule has 0 amide bonds. The Kier molecular flexibility index (Phi) is 5.14. The van der Waals surface area contributed by atoms with Gasteiger partial charge in [-0.05, 0) is 17.7 Å². The molecule has 0 radical (unpaired) electrons. The van der Waals surface area contributed by atoms with E-state index in [9.17, 15) is 10.1 Å². The average molecular weight is 300 g/mol. The number of benzene rings is 1. The zero-order chi connectivity index (χ0) is 15.2. The fourth-order valence-electron chi connectivity index (χ4n) is 1.69. The normalized spacial score (nSPS) is 10.6. The lowest BCUT2D eigenvalue weighted by molar-refractivity contribution is 0.588. The van der Waals surface area contributed by atoms with Crippen LogP contribution in [0.2, 0.25) is 0 Å². The third-order valence-electron chi connectivity index (χ3n) is 2.73. The van der Waals surface area contributed by atoms with Gasteiger partial charge in [-0.2, -0.15) is 5.26 Å². The Morgan fingerprint density at radius 3 is 2.90 bits per heavy atom. The van der Waals surface area contributed by atoms with Crippen molar-refractivity contribution in [2.75, 3.05) is 0 Å². The van der Waals surface area contributed by atoms with Crippen LogP contribution in [-0.2, 0) is 6.54 Å². The van der Waals surface area contributed by atoms with Gasteiger partial charge in [-0.3, -0.25) is 4.79 Å². The van der Waals surface area contributed by atoms with Gasteiger partial charge >= 0.3 is 0 Å². The molecular formula is C15H16N4OS. The van der Waals surface area contributed by atoms with Crippen molar-refractivity contribution >= 4 is 11.8 Å². The zero-order valence-corrected chi connectivity index (χ0v) is 12.7. The van der Waals surface area contributed by atoms with Crippen LogP contribution < -0.4 is 10.9 Å². The van der Waals surface area contributed by atoms with Gasteiger partial charge in [0.25, 0.3) is 5.56 Å². The molecule has 0 saturated heterocycles. The second-order valence-corrected chi connectivity index (χ2v) is 5.85. The lowest BCUT2D eigenvalue weighted by Gasteiger charge is -2.09. The fourth-order valence-corrected chi connectivity index (χ4v) is 2.52. The molecule has 0 aliphatic heterocycles. The van der Waals surface area contributed by atoms with Crippen molar-refractivity contribution in [2.45, 2.75) is 36.5 Å². The number of H-pyrrole nitrogens is 1. The van der Waals surface area contributed by atoms with Crippen LogP contribution in [-0.4, -0.2) is 16.0 Å². The molecule has 0 spiro atoms. The maximum atomic E-state index is 11.3. The van der Waals surface area contributed by atoms with Crippen LogP contribution in [0.5, 0.6) is 0 Å². The van der Waals surface area contributed by atoms with Crippen LogP contribution >= 0.6 is 11.8 Å². The van der Waals surface area contributed by atoms with Crippen molar-refractivity contribution in [2.24, 2.45) is 0 Å². The summed E-state index contributed by atoms with van der Waals surface area (Å²) >= 11 is 1.28. The fraction of sp³-hybridized carbons (Fsp3) is 0.267. The molecule has 0 aliphatic carbocycles. The highest BCUT2D eigenvalue weighted by atomic mass is 32.2. The van der Waals surface area contributed by atoms with E-state index in [1.807, 2.05) is 18.2 Å². The van der Waals surface area contributed by atoms with E-state index in [0.29, 0.717) is 16.8 Å². The predicted octanol–water partition coefficient (Wildman–Crippen LogP) is 2.29. The first-order chi connectivity index (χ1) is 10.1. The highest BCUT2D eigenvalue weighted by Crippen LogP contribution is 2.27. The zero-order valence-electron chi connectivity index (χ0n) is 11.9. The van der Waals surface area contributed by atoms with Crippen molar-refractivity contribution in [3.63, 3.8) is 0 Å². The van der Waals surface area contributed by atoms with Gasteiger partial charge in [0.15, 0.2) is 5.16 Å². The van der Waals surface area contributed by atoms with Gasteiger partial charge in [-0.25, -0.2) is 4.98 Å². The number of hydrogen-bond donors (Lipinski definition) is 2. The summed E-state index contributed by atoms with van der Waals surface area (Å²) in [6.07, 6.45) is 1.45. The highest BCUT2D eigenvalue weighted by molar-refractivity contribution is 7.99. The lowest BCUT2D eigenvalue weighted by atomic mass is 10.1. The van der Waals surface area contributed by atoms with E-state index in [1.54, 1.807) is 0 Å². The van der Waals surface area contributed by atoms with Gasteiger partial charge in [0, 0.05) is 29.7 Å². The molecule has 2 aromatic rings. The third-order valence-corrected chi connectivity index (χ3v) is 3.71. The maximum absolute atomic E-state index is 11.3. The van der Waals surface area contributed by atoms with E-state index in [0.717, 1.165) is 17.0 Å². The van der Waals surface area contributed by atoms with E-state index in [4.69, 9.17) is 0 Å². The molecule has 1 heterocycles. The predicted molar refractivity (Wildman–Crippen MR) is 82.1 cm³/mol. The lowest BCUT2D eigenvalue weighted by Crippen LogP contribution is -2.21. The summed E-state index contributed by atoms with van der Waals surface area (Å²) in [5, 5.41) is 13.1. The minimum Gasteiger partial charge on any atom is -0.310 e. The third kappa shape index (κ3) is 4.45. The molecule has 1 aromatic heterocycles. The molecule has 2 rings (SSSR count). The van der Waals surface area contributed by atoms with Gasteiger partial charge in [-0.15, -0.1) is 0 Å². The summed E-state index contributed by atoms with van der Waals surface area (Å²) in [6.45, 7) is 4.87. The highest BCUT2D eigenvalue weighted by Gasteiger charge is 2.07. The number of nitrogens with one attached hydrogen (secondary N) is 2. The van der Waals surface area contributed by atoms with Crippen molar-refractivity contribution in [3.8, 4) is 6.07 Å². The van der Waals surface area contributed by atoms with Crippen molar-refractivity contribution in [3.05, 3.63) is 51.9 Å². The molecule has 0 unspecified atom stereocenters. The number of rotatable bonds is 5. The van der Waals surface area contributed by atoms with Crippen molar-refractivity contribution < 1.29 is 0 Å². The van der Waals surface area contributed by atoms with Gasteiger partial charge < -0.3 is 10.3 Å². The Morgan fingerprint density at radius 1 is 1.43 bits per heavy atom. The first-order valence-electron chi connectivity index (χ1n) is 6.58. The monoisotopic (exact) mass is 300 g/mol. The maximum Gasteiger partial charge on any atom is 0.251 e. The number of aromatic nitrogens is 2. The van der Waals surface area contributed by atoms with Gasteiger partial charge in [0.05, 0.1) is 5.56 Å². The van der Waals surface area contributed by atoms with E-state index in [2.05, 4.69) is 35.2 Å². The summed E-state index contributed by atoms with van der Waals surface area (Å²) < 4.78 is 0. The number of nitrogens with zero attached hydrogens (tertiary/aromatic N) is 2. The second-order valence-electron chi connectivity index (χ2n) is 4.82. The number of aromatic amines is 1. The average Bonchev–Trinajstić information content (AvgIpc) is 2.46. The van der Waals surface area contributed by atoms with Crippen LogP contribution in [0.25, 0.3) is 0 Å². The minimum absolute atomic E-state index is 0.205. The van der Waals surface area contributed by atoms with Gasteiger partial charge in [0.2, 0.25) is 0 Å². The van der Waals surface area contributed by atoms with Crippen LogP contribution in [0.3, 0.4) is 0 Å². The number of nitriles is 1. The summed E-state index contributed by atoms with van der Waals surface area (Å²) in [5.74, 6) is 0. The van der Waals surface area contributed by atoms with E-state index in [1.165, 1.54) is 24.0 Å². The van der Waals surface area contributed by atoms with Crippen LogP contribution in [0.15, 0.2) is 45.3 Å². The smallest absolute Gasteiger partial charge is 0.251 e. The first kappa shape index (κ1) is 15.3. The quantitative estimate of drug-likeness (QED) is 0.828. The SMILES string of the molecule is CC(C)NCc1ccc(Sc2nccc(=O)[nH]2)c(C#N)c1. The molecule has 1 aromatic carbocycles. The molecule has 0 bridgehead atoms. The Balaban J connectivity index is 2.20. The van der Waals surface area contributed by atoms with Crippen LogP contribution in [0.4, 0.5) is 0 Å². The summed E-state index contributed by atoms with van der Waals surface area (Å²) in [5.41, 5.74) is 1.43. The van der Waals surface area contributed by atoms with Gasteiger partial charge in [-0.1, -0.05) is 31.7 Å². The van der Waals surface area contributed by atoms with Crippen LogP contribution in [0.1, 0.15) is 25.0 Å². The summed E-state index contributed by atoms with van der Waals surface area (Å²) in [7, 11) is 0. The molecule has 2 N–H and O–H groups in total. The topological polar surface area (TPSA) is 81.6 Å². The van der Waals surface area contributed by atoms with E-state index in [-0.39, 0.29) is 5.56 Å². The Hall–Kier alpha value is -2.10. The molecule has 0 saturated carbocycles. The summed E-state index contributed by atoms with van der Waals surface area (Å²) in [4.78, 5) is 18.7. The first-order valence-corrected chi connectivity index (χ1v) is 7.39. The van der Waals surface area contributed by atoms with Gasteiger partial charge in [0.1, 0.15) is 6.07 Å². The molecular weight excluding hydrogens is 284 g/mol. The summed E-state index contributed by atoms with van der Waals surface area (Å²) in [6, 6.07) is 9.65. The molecule has 21 heavy (non-hydrogen) atoms. The van der Waals surface area contributed by atoms with Crippen molar-refractivity contribution in [1.29, 1.82) is 5.26 Å². The number of hydrogen-bond acceptors (Lipinski definition) is 5. The minimum atomic E-state index is -0.205. The van der Waals surface area contributed by atoms with E-state index < -0.39 is 0 Å². The largest absolute Gasteiger partial charge is 0.310 e. The van der Waals surface area contributed by atoms with Crippen molar-refractivity contribution in [1.82, 2.24) is 15.3 Å². The standard InChI is InChI=1S/C15H16N4OS/c1-10(2)18-9-11-3-4-13(12(7-11)8-16)21-15-17-6-5-14(20)19-15/h3-7,10,18H,9H2,1-2H3,(H,17,19,20). The molecule has 108 valence electrons. The molecule has 0 fully saturated rings.